The Morgan fingerprint density at radius 1 is 1.45 bits per heavy atom. The van der Waals surface area contributed by atoms with Crippen LogP contribution in [0.4, 0.5) is 11.4 Å². The first-order valence-electron chi connectivity index (χ1n) is 7.30. The Bertz CT molecular complexity index is 472. The maximum Gasteiger partial charge on any atom is 0.269 e. The third kappa shape index (κ3) is 3.70. The van der Waals surface area contributed by atoms with Gasteiger partial charge < -0.3 is 10.2 Å². The van der Waals surface area contributed by atoms with E-state index in [1.54, 1.807) is 12.1 Å². The normalized spacial score (nSPS) is 15.2. The first-order valence-corrected chi connectivity index (χ1v) is 7.30. The van der Waals surface area contributed by atoms with Crippen LogP contribution in [0.3, 0.4) is 0 Å². The van der Waals surface area contributed by atoms with E-state index < -0.39 is 0 Å². The Morgan fingerprint density at radius 3 is 2.75 bits per heavy atom. The lowest BCUT2D eigenvalue weighted by Crippen LogP contribution is -2.29. The van der Waals surface area contributed by atoms with Crippen LogP contribution in [0, 0.1) is 16.0 Å². The number of nitrogens with one attached hydrogen (secondary N) is 1. The van der Waals surface area contributed by atoms with Crippen LogP contribution in [0.5, 0.6) is 0 Å². The molecule has 0 bridgehead atoms. The van der Waals surface area contributed by atoms with Crippen LogP contribution < -0.4 is 5.32 Å². The third-order valence-electron chi connectivity index (χ3n) is 3.90. The quantitative estimate of drug-likeness (QED) is 0.614. The van der Waals surface area contributed by atoms with Gasteiger partial charge in [-0.05, 0) is 44.4 Å². The van der Waals surface area contributed by atoms with Crippen LogP contribution in [0.15, 0.2) is 18.2 Å². The van der Waals surface area contributed by atoms with Gasteiger partial charge in [0.2, 0.25) is 0 Å². The zero-order chi connectivity index (χ0) is 14.5. The van der Waals surface area contributed by atoms with E-state index in [-0.39, 0.29) is 10.6 Å². The smallest absolute Gasteiger partial charge is 0.269 e. The van der Waals surface area contributed by atoms with E-state index in [0.29, 0.717) is 0 Å². The van der Waals surface area contributed by atoms with Crippen LogP contribution in [0.1, 0.15) is 31.7 Å². The maximum absolute atomic E-state index is 10.9. The highest BCUT2D eigenvalue weighted by molar-refractivity contribution is 5.56. The molecule has 1 fully saturated rings. The molecule has 1 aromatic rings. The molecular weight excluding hydrogens is 254 g/mol. The van der Waals surface area contributed by atoms with Crippen LogP contribution in [-0.2, 0) is 6.54 Å². The highest BCUT2D eigenvalue weighted by atomic mass is 16.6. The summed E-state index contributed by atoms with van der Waals surface area (Å²) in [5, 5.41) is 14.2. The summed E-state index contributed by atoms with van der Waals surface area (Å²) < 4.78 is 0. The Balaban J connectivity index is 2.09. The largest absolute Gasteiger partial charge is 0.385 e. The summed E-state index contributed by atoms with van der Waals surface area (Å²) in [7, 11) is 2.09. The Hall–Kier alpha value is -1.62. The molecule has 110 valence electrons. The number of rotatable bonds is 7. The van der Waals surface area contributed by atoms with E-state index in [9.17, 15) is 10.1 Å². The van der Waals surface area contributed by atoms with Crippen LogP contribution in [0.2, 0.25) is 0 Å². The standard InChI is InChI=1S/C15H23N3O2/c1-3-16-15-8-7-14(18(19)20)9-13(15)11-17(2)10-12-5-4-6-12/h7-9,12,16H,3-6,10-11H2,1-2H3. The monoisotopic (exact) mass is 277 g/mol. The van der Waals surface area contributed by atoms with Crippen molar-refractivity contribution in [3.8, 4) is 0 Å². The molecule has 0 unspecified atom stereocenters. The van der Waals surface area contributed by atoms with Gasteiger partial charge in [0.1, 0.15) is 0 Å². The number of nitro benzene ring substituents is 1. The highest BCUT2D eigenvalue weighted by Gasteiger charge is 2.20. The Labute approximate surface area is 120 Å². The van der Waals surface area contributed by atoms with Gasteiger partial charge in [0.25, 0.3) is 5.69 Å². The summed E-state index contributed by atoms with van der Waals surface area (Å²) >= 11 is 0. The second kappa shape index (κ2) is 6.70. The second-order valence-electron chi connectivity index (χ2n) is 5.62. The number of anilines is 1. The molecule has 5 heteroatoms. The molecule has 2 rings (SSSR count). The molecule has 20 heavy (non-hydrogen) atoms. The summed E-state index contributed by atoms with van der Waals surface area (Å²) in [6.07, 6.45) is 3.98. The van der Waals surface area contributed by atoms with Gasteiger partial charge >= 0.3 is 0 Å². The van der Waals surface area contributed by atoms with Crippen molar-refractivity contribution in [1.29, 1.82) is 0 Å². The topological polar surface area (TPSA) is 58.4 Å². The number of benzene rings is 1. The van der Waals surface area contributed by atoms with Gasteiger partial charge in [-0.2, -0.15) is 0 Å². The van der Waals surface area contributed by atoms with Gasteiger partial charge in [0.05, 0.1) is 4.92 Å². The molecule has 0 spiro atoms. The minimum Gasteiger partial charge on any atom is -0.385 e. The Morgan fingerprint density at radius 2 is 2.20 bits per heavy atom. The summed E-state index contributed by atoms with van der Waals surface area (Å²) in [5.41, 5.74) is 2.17. The van der Waals surface area contributed by atoms with E-state index >= 15 is 0 Å². The lowest BCUT2D eigenvalue weighted by molar-refractivity contribution is -0.384. The minimum atomic E-state index is -0.328. The van der Waals surface area contributed by atoms with Crippen molar-refractivity contribution in [3.05, 3.63) is 33.9 Å². The first-order chi connectivity index (χ1) is 9.60. The van der Waals surface area contributed by atoms with Crippen LogP contribution >= 0.6 is 0 Å². The molecular formula is C15H23N3O2. The van der Waals surface area contributed by atoms with Gasteiger partial charge in [-0.3, -0.25) is 10.1 Å². The van der Waals surface area contributed by atoms with Crippen molar-refractivity contribution < 1.29 is 4.92 Å². The predicted molar refractivity (Wildman–Crippen MR) is 80.9 cm³/mol. The lowest BCUT2D eigenvalue weighted by atomic mass is 9.85. The molecule has 1 aliphatic rings. The molecule has 0 aromatic heterocycles. The zero-order valence-corrected chi connectivity index (χ0v) is 12.3. The van der Waals surface area contributed by atoms with Crippen molar-refractivity contribution in [1.82, 2.24) is 4.90 Å². The zero-order valence-electron chi connectivity index (χ0n) is 12.3. The molecule has 0 radical (unpaired) electrons. The molecule has 5 nitrogen and oxygen atoms in total. The third-order valence-corrected chi connectivity index (χ3v) is 3.90. The fraction of sp³-hybridized carbons (Fsp3) is 0.600. The van der Waals surface area contributed by atoms with E-state index in [1.807, 2.05) is 13.0 Å². The number of non-ortho nitro benzene ring substituents is 1. The van der Waals surface area contributed by atoms with Crippen molar-refractivity contribution in [2.24, 2.45) is 5.92 Å². The van der Waals surface area contributed by atoms with Crippen molar-refractivity contribution in [2.45, 2.75) is 32.7 Å². The Kier molecular flexibility index (Phi) is 4.95. The van der Waals surface area contributed by atoms with Gasteiger partial charge in [-0.25, -0.2) is 0 Å². The van der Waals surface area contributed by atoms with Gasteiger partial charge in [-0.15, -0.1) is 0 Å². The van der Waals surface area contributed by atoms with E-state index in [4.69, 9.17) is 0 Å². The van der Waals surface area contributed by atoms with Gasteiger partial charge in [0, 0.05) is 37.5 Å². The summed E-state index contributed by atoms with van der Waals surface area (Å²) in [6, 6.07) is 5.07. The molecule has 1 N–H and O–H groups in total. The molecule has 1 saturated carbocycles. The van der Waals surface area contributed by atoms with E-state index in [1.165, 1.54) is 19.3 Å². The lowest BCUT2D eigenvalue weighted by Gasteiger charge is -2.30. The molecule has 0 amide bonds. The number of hydrogen-bond acceptors (Lipinski definition) is 4. The molecule has 0 saturated heterocycles. The first kappa shape index (κ1) is 14.8. The van der Waals surface area contributed by atoms with E-state index in [2.05, 4.69) is 17.3 Å². The second-order valence-corrected chi connectivity index (χ2v) is 5.62. The molecule has 0 aliphatic heterocycles. The van der Waals surface area contributed by atoms with Crippen molar-refractivity contribution in [3.63, 3.8) is 0 Å². The van der Waals surface area contributed by atoms with Crippen LogP contribution in [-0.4, -0.2) is 30.0 Å². The average molecular weight is 277 g/mol. The number of nitrogens with zero attached hydrogens (tertiary/aromatic N) is 2. The van der Waals surface area contributed by atoms with Crippen LogP contribution in [0.25, 0.3) is 0 Å². The predicted octanol–water partition coefficient (Wildman–Crippen LogP) is 3.26. The minimum absolute atomic E-state index is 0.165. The van der Waals surface area contributed by atoms with Crippen molar-refractivity contribution >= 4 is 11.4 Å². The molecule has 1 aliphatic carbocycles. The van der Waals surface area contributed by atoms with Gasteiger partial charge in [0.15, 0.2) is 0 Å². The molecule has 1 aromatic carbocycles. The maximum atomic E-state index is 10.9. The summed E-state index contributed by atoms with van der Waals surface area (Å²) in [5.74, 6) is 0.807. The van der Waals surface area contributed by atoms with Gasteiger partial charge in [-0.1, -0.05) is 6.42 Å². The summed E-state index contributed by atoms with van der Waals surface area (Å²) in [6.45, 7) is 4.68. The number of nitro groups is 1. The van der Waals surface area contributed by atoms with Crippen molar-refractivity contribution in [2.75, 3.05) is 25.5 Å². The highest BCUT2D eigenvalue weighted by Crippen LogP contribution is 2.28. The molecule has 0 atom stereocenters. The number of hydrogen-bond donors (Lipinski definition) is 1. The average Bonchev–Trinajstić information content (AvgIpc) is 2.36. The summed E-state index contributed by atoms with van der Waals surface area (Å²) in [4.78, 5) is 12.9. The fourth-order valence-electron chi connectivity index (χ4n) is 2.66. The molecule has 0 heterocycles. The SMILES string of the molecule is CCNc1ccc([N+](=O)[O-])cc1CN(C)CC1CCC1. The fourth-order valence-corrected chi connectivity index (χ4v) is 2.66. The van der Waals surface area contributed by atoms with E-state index in [0.717, 1.165) is 36.8 Å².